The first-order valence-electron chi connectivity index (χ1n) is 8.00. The van der Waals surface area contributed by atoms with Crippen LogP contribution < -0.4 is 14.8 Å². The van der Waals surface area contributed by atoms with Crippen molar-refractivity contribution in [3.63, 3.8) is 0 Å². The van der Waals surface area contributed by atoms with Crippen molar-refractivity contribution in [1.29, 1.82) is 0 Å². The maximum absolute atomic E-state index is 6.13. The van der Waals surface area contributed by atoms with Crippen LogP contribution in [-0.4, -0.2) is 26.3 Å². The Labute approximate surface area is 120 Å². The highest BCUT2D eigenvalue weighted by atomic mass is 16.5. The molecule has 3 aliphatic rings. The molecule has 1 unspecified atom stereocenters. The van der Waals surface area contributed by atoms with Crippen molar-refractivity contribution in [3.8, 4) is 11.5 Å². The van der Waals surface area contributed by atoms with Crippen LogP contribution in [0.15, 0.2) is 0 Å². The molecule has 3 nitrogen and oxygen atoms in total. The Morgan fingerprint density at radius 1 is 1.00 bits per heavy atom. The summed E-state index contributed by atoms with van der Waals surface area (Å²) in [5.74, 6) is 3.01. The van der Waals surface area contributed by atoms with Crippen LogP contribution in [0.5, 0.6) is 11.5 Å². The fourth-order valence-corrected chi connectivity index (χ4v) is 4.04. The van der Waals surface area contributed by atoms with E-state index in [0.29, 0.717) is 5.92 Å². The van der Waals surface area contributed by atoms with Crippen LogP contribution in [-0.2, 0) is 12.8 Å². The third-order valence-electron chi connectivity index (χ3n) is 5.01. The predicted molar refractivity (Wildman–Crippen MR) is 79.0 cm³/mol. The average Bonchev–Trinajstić information content (AvgIpc) is 3.02. The maximum Gasteiger partial charge on any atom is 0.126 e. The maximum atomic E-state index is 6.13. The number of hydrogen-bond donors (Lipinski definition) is 1. The number of fused-ring (bicyclic) bond motifs is 2. The van der Waals surface area contributed by atoms with Gasteiger partial charge in [0.1, 0.15) is 11.5 Å². The molecule has 4 rings (SSSR count). The van der Waals surface area contributed by atoms with Gasteiger partial charge in [-0.25, -0.2) is 0 Å². The topological polar surface area (TPSA) is 30.5 Å². The van der Waals surface area contributed by atoms with Gasteiger partial charge >= 0.3 is 0 Å². The number of rotatable bonds is 1. The summed E-state index contributed by atoms with van der Waals surface area (Å²) in [6, 6.07) is 0. The lowest BCUT2D eigenvalue weighted by Gasteiger charge is -2.31. The quantitative estimate of drug-likeness (QED) is 0.853. The van der Waals surface area contributed by atoms with Crippen LogP contribution in [0.2, 0.25) is 0 Å². The van der Waals surface area contributed by atoms with Crippen molar-refractivity contribution in [2.45, 2.75) is 44.9 Å². The van der Waals surface area contributed by atoms with Crippen molar-refractivity contribution in [2.75, 3.05) is 26.3 Å². The van der Waals surface area contributed by atoms with Gasteiger partial charge in [-0.2, -0.15) is 0 Å². The third kappa shape index (κ3) is 1.83. The molecule has 20 heavy (non-hydrogen) atoms. The number of nitrogens with one attached hydrogen (secondary N) is 1. The van der Waals surface area contributed by atoms with E-state index >= 15 is 0 Å². The molecule has 0 spiro atoms. The minimum Gasteiger partial charge on any atom is -0.493 e. The summed E-state index contributed by atoms with van der Waals surface area (Å²) >= 11 is 0. The first-order chi connectivity index (χ1) is 9.86. The highest BCUT2D eigenvalue weighted by Crippen LogP contribution is 2.47. The van der Waals surface area contributed by atoms with Crippen LogP contribution in [0.3, 0.4) is 0 Å². The molecule has 1 saturated heterocycles. The van der Waals surface area contributed by atoms with Gasteiger partial charge in [0.15, 0.2) is 0 Å². The lowest BCUT2D eigenvalue weighted by atomic mass is 9.83. The monoisotopic (exact) mass is 273 g/mol. The van der Waals surface area contributed by atoms with Gasteiger partial charge in [-0.3, -0.25) is 0 Å². The summed E-state index contributed by atoms with van der Waals surface area (Å²) in [6.07, 6.45) is 5.79. The molecule has 1 aromatic carbocycles. The molecule has 0 aliphatic carbocycles. The van der Waals surface area contributed by atoms with Crippen LogP contribution >= 0.6 is 0 Å². The summed E-state index contributed by atoms with van der Waals surface area (Å²) in [5, 5.41) is 3.50. The van der Waals surface area contributed by atoms with Gasteiger partial charge in [0.2, 0.25) is 0 Å². The summed E-state index contributed by atoms with van der Waals surface area (Å²) < 4.78 is 12.2. The van der Waals surface area contributed by atoms with Crippen molar-refractivity contribution < 1.29 is 9.47 Å². The molecule has 1 atom stereocenters. The zero-order valence-corrected chi connectivity index (χ0v) is 12.3. The second-order valence-corrected chi connectivity index (χ2v) is 6.25. The number of ether oxygens (including phenoxy) is 2. The number of benzene rings is 1. The van der Waals surface area contributed by atoms with E-state index in [-0.39, 0.29) is 0 Å². The predicted octanol–water partition coefficient (Wildman–Crippen LogP) is 2.72. The summed E-state index contributed by atoms with van der Waals surface area (Å²) in [7, 11) is 0. The second kappa shape index (κ2) is 4.96. The molecule has 0 bridgehead atoms. The summed E-state index contributed by atoms with van der Waals surface area (Å²) in [4.78, 5) is 0. The minimum atomic E-state index is 0.609. The Kier molecular flexibility index (Phi) is 3.10. The Morgan fingerprint density at radius 2 is 1.75 bits per heavy atom. The first kappa shape index (κ1) is 12.5. The molecule has 3 heteroatoms. The standard InChI is InChI=1S/C17H23NO2/c1-11-13-4-2-9-20-17(13)15(12-6-7-18-10-12)14-5-3-8-19-16(11)14/h12,18H,2-10H2,1H3. The first-order valence-corrected chi connectivity index (χ1v) is 8.00. The van der Waals surface area contributed by atoms with Gasteiger partial charge in [0.25, 0.3) is 0 Å². The molecule has 0 aromatic heterocycles. The van der Waals surface area contributed by atoms with Gasteiger partial charge in [0, 0.05) is 29.2 Å². The molecule has 0 amide bonds. The Bertz CT molecular complexity index is 495. The average molecular weight is 273 g/mol. The van der Waals surface area contributed by atoms with Crippen molar-refractivity contribution in [2.24, 2.45) is 0 Å². The number of hydrogen-bond acceptors (Lipinski definition) is 3. The molecule has 1 aromatic rings. The Balaban J connectivity index is 1.93. The van der Waals surface area contributed by atoms with E-state index in [1.807, 2.05) is 0 Å². The largest absolute Gasteiger partial charge is 0.493 e. The molecular weight excluding hydrogens is 250 g/mol. The van der Waals surface area contributed by atoms with Crippen LogP contribution in [0, 0.1) is 6.92 Å². The van der Waals surface area contributed by atoms with Crippen LogP contribution in [0.4, 0.5) is 0 Å². The van der Waals surface area contributed by atoms with E-state index in [1.165, 1.54) is 40.2 Å². The van der Waals surface area contributed by atoms with Gasteiger partial charge < -0.3 is 14.8 Å². The van der Waals surface area contributed by atoms with Crippen LogP contribution in [0.1, 0.15) is 47.4 Å². The van der Waals surface area contributed by atoms with Gasteiger partial charge in [-0.15, -0.1) is 0 Å². The summed E-state index contributed by atoms with van der Waals surface area (Å²) in [6.45, 7) is 6.18. The molecule has 0 saturated carbocycles. The molecule has 1 N–H and O–H groups in total. The minimum absolute atomic E-state index is 0.609. The molecule has 3 aliphatic heterocycles. The fourth-order valence-electron chi connectivity index (χ4n) is 4.04. The van der Waals surface area contributed by atoms with Crippen molar-refractivity contribution in [1.82, 2.24) is 5.32 Å². The van der Waals surface area contributed by atoms with E-state index < -0.39 is 0 Å². The molecule has 0 radical (unpaired) electrons. The highest BCUT2D eigenvalue weighted by molar-refractivity contribution is 5.61. The Hall–Kier alpha value is -1.22. The molecular formula is C17H23NO2. The smallest absolute Gasteiger partial charge is 0.126 e. The van der Waals surface area contributed by atoms with E-state index in [1.54, 1.807) is 0 Å². The fraction of sp³-hybridized carbons (Fsp3) is 0.647. The second-order valence-electron chi connectivity index (χ2n) is 6.25. The van der Waals surface area contributed by atoms with Gasteiger partial charge in [-0.1, -0.05) is 0 Å². The van der Waals surface area contributed by atoms with E-state index in [0.717, 1.165) is 52.0 Å². The lowest BCUT2D eigenvalue weighted by Crippen LogP contribution is -2.21. The van der Waals surface area contributed by atoms with Crippen molar-refractivity contribution >= 4 is 0 Å². The molecule has 3 heterocycles. The van der Waals surface area contributed by atoms with E-state index in [4.69, 9.17) is 9.47 Å². The highest BCUT2D eigenvalue weighted by Gasteiger charge is 2.32. The third-order valence-corrected chi connectivity index (χ3v) is 5.01. The zero-order valence-electron chi connectivity index (χ0n) is 12.3. The van der Waals surface area contributed by atoms with Gasteiger partial charge in [-0.05, 0) is 51.1 Å². The summed E-state index contributed by atoms with van der Waals surface area (Å²) in [5.41, 5.74) is 5.68. The zero-order chi connectivity index (χ0) is 13.5. The van der Waals surface area contributed by atoms with E-state index in [9.17, 15) is 0 Å². The molecule has 108 valence electrons. The van der Waals surface area contributed by atoms with Gasteiger partial charge in [0.05, 0.1) is 13.2 Å². The van der Waals surface area contributed by atoms with Crippen LogP contribution in [0.25, 0.3) is 0 Å². The normalized spacial score (nSPS) is 24.6. The van der Waals surface area contributed by atoms with Crippen molar-refractivity contribution in [3.05, 3.63) is 22.3 Å². The Morgan fingerprint density at radius 3 is 2.50 bits per heavy atom. The molecule has 1 fully saturated rings. The SMILES string of the molecule is Cc1c2c(c(C3CCNC3)c3c1OCCC3)OCCC2. The van der Waals surface area contributed by atoms with E-state index in [2.05, 4.69) is 12.2 Å². The lowest BCUT2D eigenvalue weighted by molar-refractivity contribution is 0.265.